The lowest BCUT2D eigenvalue weighted by Crippen LogP contribution is -2.54. The van der Waals surface area contributed by atoms with Crippen molar-refractivity contribution in [3.63, 3.8) is 0 Å². The Morgan fingerprint density at radius 2 is 1.78 bits per heavy atom. The molecule has 1 N–H and O–H groups in total. The quantitative estimate of drug-likeness (QED) is 0.585. The van der Waals surface area contributed by atoms with Crippen LogP contribution in [0.5, 0.6) is 0 Å². The third-order valence-electron chi connectivity index (χ3n) is 4.65. The summed E-state index contributed by atoms with van der Waals surface area (Å²) >= 11 is 1.86. The minimum atomic E-state index is 0.298. The summed E-state index contributed by atoms with van der Waals surface area (Å²) in [4.78, 5) is 23.2. The van der Waals surface area contributed by atoms with Gasteiger partial charge in [-0.2, -0.15) is 11.8 Å². The van der Waals surface area contributed by atoms with Gasteiger partial charge in [-0.3, -0.25) is 14.7 Å². The van der Waals surface area contributed by atoms with Gasteiger partial charge in [-0.1, -0.05) is 6.92 Å². The highest BCUT2D eigenvalue weighted by atomic mass is 32.2. The van der Waals surface area contributed by atoms with E-state index in [0.29, 0.717) is 17.7 Å². The molecule has 7 heteroatoms. The number of nitrogens with zero attached hydrogens (tertiary/aromatic N) is 4. The first-order chi connectivity index (χ1) is 11.1. The van der Waals surface area contributed by atoms with Crippen molar-refractivity contribution in [2.24, 2.45) is 4.99 Å². The number of hydrogen-bond acceptors (Lipinski definition) is 4. The van der Waals surface area contributed by atoms with Crippen LogP contribution < -0.4 is 5.32 Å². The van der Waals surface area contributed by atoms with Gasteiger partial charge in [-0.15, -0.1) is 0 Å². The fourth-order valence-corrected chi connectivity index (χ4v) is 3.28. The predicted octanol–water partition coefficient (Wildman–Crippen LogP) is 0.553. The Labute approximate surface area is 144 Å². The van der Waals surface area contributed by atoms with Gasteiger partial charge < -0.3 is 15.1 Å². The molecule has 0 saturated carbocycles. The molecule has 0 aromatic rings. The molecule has 2 aliphatic rings. The predicted molar refractivity (Wildman–Crippen MR) is 98.2 cm³/mol. The highest BCUT2D eigenvalue weighted by molar-refractivity contribution is 7.99. The van der Waals surface area contributed by atoms with Gasteiger partial charge in [0.2, 0.25) is 5.91 Å². The van der Waals surface area contributed by atoms with Crippen LogP contribution in [0.3, 0.4) is 0 Å². The van der Waals surface area contributed by atoms with E-state index in [4.69, 9.17) is 0 Å². The maximum absolute atomic E-state index is 12.2. The van der Waals surface area contributed by atoms with Gasteiger partial charge in [-0.25, -0.2) is 0 Å². The summed E-state index contributed by atoms with van der Waals surface area (Å²) in [5.41, 5.74) is 0. The number of hydrogen-bond donors (Lipinski definition) is 1. The molecule has 1 amide bonds. The van der Waals surface area contributed by atoms with Crippen LogP contribution in [0.15, 0.2) is 4.99 Å². The lowest BCUT2D eigenvalue weighted by molar-refractivity contribution is -0.131. The van der Waals surface area contributed by atoms with Gasteiger partial charge >= 0.3 is 0 Å². The van der Waals surface area contributed by atoms with E-state index in [1.54, 1.807) is 0 Å². The minimum absolute atomic E-state index is 0.298. The molecule has 0 radical (unpaired) electrons. The van der Waals surface area contributed by atoms with Crippen molar-refractivity contribution >= 4 is 23.6 Å². The Kier molecular flexibility index (Phi) is 7.49. The van der Waals surface area contributed by atoms with Crippen molar-refractivity contribution in [2.75, 3.05) is 65.7 Å². The fourth-order valence-electron chi connectivity index (χ4n) is 3.03. The maximum atomic E-state index is 12.2. The summed E-state index contributed by atoms with van der Waals surface area (Å²) in [6.07, 6.45) is 4.46. The normalized spacial score (nSPS) is 21.6. The smallest absolute Gasteiger partial charge is 0.236 e. The number of carbonyl (C=O) groups excluding carboxylic acids is 1. The monoisotopic (exact) mass is 341 g/mol. The van der Waals surface area contributed by atoms with E-state index >= 15 is 0 Å². The van der Waals surface area contributed by atoms with E-state index in [0.717, 1.165) is 64.6 Å². The van der Waals surface area contributed by atoms with Crippen LogP contribution in [0.4, 0.5) is 0 Å². The van der Waals surface area contributed by atoms with Crippen molar-refractivity contribution in [2.45, 2.75) is 25.0 Å². The van der Waals surface area contributed by atoms with Crippen molar-refractivity contribution in [3.8, 4) is 0 Å². The molecule has 2 fully saturated rings. The summed E-state index contributed by atoms with van der Waals surface area (Å²) in [6.45, 7) is 9.33. The number of thioether (sulfide) groups is 1. The van der Waals surface area contributed by atoms with Crippen molar-refractivity contribution in [1.29, 1.82) is 0 Å². The second-order valence-electron chi connectivity index (χ2n) is 6.33. The van der Waals surface area contributed by atoms with Crippen LogP contribution in [0.25, 0.3) is 0 Å². The first-order valence-corrected chi connectivity index (χ1v) is 9.91. The van der Waals surface area contributed by atoms with E-state index in [2.05, 4.69) is 33.3 Å². The largest absolute Gasteiger partial charge is 0.355 e. The van der Waals surface area contributed by atoms with E-state index < -0.39 is 0 Å². The molecule has 0 bridgehead atoms. The molecule has 1 atom stereocenters. The number of nitrogens with one attached hydrogen (secondary N) is 1. The molecule has 0 aromatic heterocycles. The molecule has 2 rings (SSSR count). The highest BCUT2D eigenvalue weighted by Crippen LogP contribution is 2.09. The first kappa shape index (κ1) is 18.4. The number of piperazine rings is 1. The number of aliphatic imine (C=N–C) groups is 1. The second kappa shape index (κ2) is 9.37. The molecule has 0 aromatic carbocycles. The van der Waals surface area contributed by atoms with E-state index in [1.165, 1.54) is 0 Å². The van der Waals surface area contributed by atoms with Crippen LogP contribution in [0, 0.1) is 0 Å². The van der Waals surface area contributed by atoms with Gasteiger partial charge in [-0.05, 0) is 19.1 Å². The molecule has 0 spiro atoms. The molecular weight excluding hydrogens is 310 g/mol. The Hall–Kier alpha value is -0.950. The zero-order chi connectivity index (χ0) is 16.7. The SMILES string of the molecule is CN=C(NCC(C)SC)N1CCN(CC(=O)N2CCCC2)CC1. The van der Waals surface area contributed by atoms with Crippen molar-refractivity contribution in [1.82, 2.24) is 20.0 Å². The topological polar surface area (TPSA) is 51.2 Å². The minimum Gasteiger partial charge on any atom is -0.355 e. The summed E-state index contributed by atoms with van der Waals surface area (Å²) < 4.78 is 0. The maximum Gasteiger partial charge on any atom is 0.236 e. The number of likely N-dealkylation sites (tertiary alicyclic amines) is 1. The van der Waals surface area contributed by atoms with Crippen LogP contribution in [-0.4, -0.2) is 97.5 Å². The molecular formula is C16H31N5OS. The molecule has 6 nitrogen and oxygen atoms in total. The molecule has 132 valence electrons. The molecule has 23 heavy (non-hydrogen) atoms. The van der Waals surface area contributed by atoms with Gasteiger partial charge in [0.25, 0.3) is 0 Å². The van der Waals surface area contributed by atoms with Crippen LogP contribution in [0.1, 0.15) is 19.8 Å². The third kappa shape index (κ3) is 5.57. The van der Waals surface area contributed by atoms with Gasteiger partial charge in [0.05, 0.1) is 6.54 Å². The fraction of sp³-hybridized carbons (Fsp3) is 0.875. The van der Waals surface area contributed by atoms with Gasteiger partial charge in [0, 0.05) is 58.1 Å². The zero-order valence-corrected chi connectivity index (χ0v) is 15.6. The van der Waals surface area contributed by atoms with Crippen molar-refractivity contribution < 1.29 is 4.79 Å². The second-order valence-corrected chi connectivity index (χ2v) is 7.60. The molecule has 2 saturated heterocycles. The van der Waals surface area contributed by atoms with E-state index in [-0.39, 0.29) is 0 Å². The highest BCUT2D eigenvalue weighted by Gasteiger charge is 2.24. The number of carbonyl (C=O) groups is 1. The number of rotatable bonds is 5. The average molecular weight is 342 g/mol. The number of guanidine groups is 1. The van der Waals surface area contributed by atoms with Gasteiger partial charge in [0.15, 0.2) is 5.96 Å². The lowest BCUT2D eigenvalue weighted by atomic mass is 10.3. The summed E-state index contributed by atoms with van der Waals surface area (Å²) in [5, 5.41) is 4.03. The zero-order valence-electron chi connectivity index (χ0n) is 14.8. The molecule has 2 aliphatic heterocycles. The Balaban J connectivity index is 1.72. The standard InChI is InChI=1S/C16H31N5OS/c1-14(23-3)12-18-16(17-2)21-10-8-19(9-11-21)13-15(22)20-6-4-5-7-20/h14H,4-13H2,1-3H3,(H,17,18). The van der Waals surface area contributed by atoms with Crippen LogP contribution >= 0.6 is 11.8 Å². The lowest BCUT2D eigenvalue weighted by Gasteiger charge is -2.36. The average Bonchev–Trinajstić information content (AvgIpc) is 3.11. The Bertz CT molecular complexity index is 403. The van der Waals surface area contributed by atoms with E-state index in [9.17, 15) is 4.79 Å². The van der Waals surface area contributed by atoms with Crippen LogP contribution in [-0.2, 0) is 4.79 Å². The number of amides is 1. The Morgan fingerprint density at radius 3 is 2.35 bits per heavy atom. The summed E-state index contributed by atoms with van der Waals surface area (Å²) in [7, 11) is 1.84. The summed E-state index contributed by atoms with van der Waals surface area (Å²) in [5.74, 6) is 1.28. The van der Waals surface area contributed by atoms with Gasteiger partial charge in [0.1, 0.15) is 0 Å². The molecule has 2 heterocycles. The molecule has 1 unspecified atom stereocenters. The Morgan fingerprint density at radius 1 is 1.13 bits per heavy atom. The van der Waals surface area contributed by atoms with E-state index in [1.807, 2.05) is 23.7 Å². The van der Waals surface area contributed by atoms with Crippen molar-refractivity contribution in [3.05, 3.63) is 0 Å². The first-order valence-electron chi connectivity index (χ1n) is 8.62. The molecule has 0 aliphatic carbocycles. The van der Waals surface area contributed by atoms with Crippen LogP contribution in [0.2, 0.25) is 0 Å². The third-order valence-corrected chi connectivity index (χ3v) is 5.62. The summed E-state index contributed by atoms with van der Waals surface area (Å²) in [6, 6.07) is 0.